The van der Waals surface area contributed by atoms with Crippen molar-refractivity contribution in [3.05, 3.63) is 142 Å². The van der Waals surface area contributed by atoms with E-state index in [1.165, 1.54) is 18.1 Å². The first-order valence-electron chi connectivity index (χ1n) is 24.7. The van der Waals surface area contributed by atoms with Crippen molar-refractivity contribution in [2.75, 3.05) is 94.0 Å². The zero-order chi connectivity index (χ0) is 52.7. The van der Waals surface area contributed by atoms with Crippen LogP contribution >= 0.6 is 12.6 Å². The van der Waals surface area contributed by atoms with Crippen LogP contribution in [0.3, 0.4) is 0 Å². The van der Waals surface area contributed by atoms with Crippen LogP contribution in [-0.2, 0) is 64.7 Å². The molecule has 4 heterocycles. The molecule has 0 aromatic heterocycles. The fourth-order valence-corrected chi connectivity index (χ4v) is 11.0. The van der Waals surface area contributed by atoms with Crippen LogP contribution in [0.1, 0.15) is 59.8 Å². The first kappa shape index (κ1) is 54.1. The van der Waals surface area contributed by atoms with Gasteiger partial charge in [0, 0.05) is 72.0 Å². The van der Waals surface area contributed by atoms with Crippen molar-refractivity contribution in [2.45, 2.75) is 75.5 Å². The van der Waals surface area contributed by atoms with Crippen LogP contribution in [-0.4, -0.2) is 121 Å². The monoisotopic (exact) mass is 1050 g/mol. The zero-order valence-electron chi connectivity index (χ0n) is 42.8. The number of anilines is 4. The van der Waals surface area contributed by atoms with Gasteiger partial charge < -0.3 is 58.5 Å². The van der Waals surface area contributed by atoms with Crippen LogP contribution < -0.4 is 34.8 Å². The van der Waals surface area contributed by atoms with Gasteiger partial charge in [0.15, 0.2) is 28.4 Å². The number of hydrogen-bond donors (Lipinski definition) is 4. The van der Waals surface area contributed by atoms with Gasteiger partial charge in [-0.15, -0.1) is 0 Å². The lowest BCUT2D eigenvalue weighted by Crippen LogP contribution is -2.52. The number of thiol groups is 1. The number of benzene rings is 4. The smallest absolute Gasteiger partial charge is 0.288 e. The maximum absolute atomic E-state index is 14.5. The van der Waals surface area contributed by atoms with E-state index in [0.29, 0.717) is 81.1 Å². The van der Waals surface area contributed by atoms with Crippen molar-refractivity contribution in [1.82, 2.24) is 5.32 Å². The van der Waals surface area contributed by atoms with Crippen LogP contribution in [0.25, 0.3) is 0 Å². The Morgan fingerprint density at radius 1 is 0.865 bits per heavy atom. The number of para-hydroxylation sites is 2. The summed E-state index contributed by atoms with van der Waals surface area (Å²) in [6.07, 6.45) is 2.68. The highest BCUT2D eigenvalue weighted by Gasteiger charge is 2.47. The van der Waals surface area contributed by atoms with E-state index >= 15 is 0 Å². The molecule has 4 aromatic rings. The topological polar surface area (TPSA) is 187 Å². The lowest BCUT2D eigenvalue weighted by atomic mass is 10.1. The van der Waals surface area contributed by atoms with Gasteiger partial charge in [-0.1, -0.05) is 49.9 Å². The number of carbonyl (C=O) groups is 2. The van der Waals surface area contributed by atoms with Crippen LogP contribution in [0.5, 0.6) is 11.5 Å². The molecule has 0 saturated heterocycles. The molecular formula is C55H67N5O12S2. The van der Waals surface area contributed by atoms with E-state index < -0.39 is 32.2 Å². The van der Waals surface area contributed by atoms with Gasteiger partial charge in [-0.05, 0) is 91.8 Å². The number of rotatable bonds is 24. The number of allylic oxidation sites excluding steroid dienone is 1. The average molecular weight is 1050 g/mol. The molecule has 0 aliphatic carbocycles. The third-order valence-corrected chi connectivity index (χ3v) is 14.6. The summed E-state index contributed by atoms with van der Waals surface area (Å²) in [4.78, 5) is 34.2. The Labute approximate surface area is 439 Å². The van der Waals surface area contributed by atoms with Crippen molar-refractivity contribution < 1.29 is 55.7 Å². The zero-order valence-corrected chi connectivity index (χ0v) is 44.6. The summed E-state index contributed by atoms with van der Waals surface area (Å²) in [6.45, 7) is 13.8. The first-order valence-corrected chi connectivity index (χ1v) is 26.7. The van der Waals surface area contributed by atoms with Gasteiger partial charge in [-0.3, -0.25) is 14.1 Å². The third-order valence-electron chi connectivity index (χ3n) is 13.4. The lowest BCUT2D eigenvalue weighted by molar-refractivity contribution is -0.115. The minimum atomic E-state index is -4.76. The predicted octanol–water partition coefficient (Wildman–Crippen LogP) is 7.47. The highest BCUT2D eigenvalue weighted by molar-refractivity contribution is 7.86. The van der Waals surface area contributed by atoms with E-state index in [9.17, 15) is 22.6 Å². The summed E-state index contributed by atoms with van der Waals surface area (Å²) < 4.78 is 77.8. The quantitative estimate of drug-likeness (QED) is 0.0178. The summed E-state index contributed by atoms with van der Waals surface area (Å²) in [7, 11) is -0.157. The molecule has 74 heavy (non-hydrogen) atoms. The lowest BCUT2D eigenvalue weighted by Gasteiger charge is -2.32. The highest BCUT2D eigenvalue weighted by Crippen LogP contribution is 2.42. The van der Waals surface area contributed by atoms with Gasteiger partial charge in [-0.2, -0.15) is 21.0 Å². The molecule has 0 spiro atoms. The van der Waals surface area contributed by atoms with Gasteiger partial charge in [0.2, 0.25) is 0 Å². The maximum Gasteiger partial charge on any atom is 0.288 e. The van der Waals surface area contributed by atoms with Gasteiger partial charge in [0.25, 0.3) is 21.9 Å². The second-order valence-electron chi connectivity index (χ2n) is 19.2. The van der Waals surface area contributed by atoms with Crippen molar-refractivity contribution >= 4 is 57.3 Å². The molecule has 0 saturated carbocycles. The number of amides is 2. The number of nitrogens with zero attached hydrogens (tertiary/aromatic N) is 3. The molecule has 4 aliphatic heterocycles. The van der Waals surface area contributed by atoms with Crippen molar-refractivity contribution in [1.29, 1.82) is 0 Å². The Morgan fingerprint density at radius 3 is 2.19 bits per heavy atom. The molecule has 0 radical (unpaired) electrons. The van der Waals surface area contributed by atoms with Crippen LogP contribution in [0, 0.1) is 0 Å². The van der Waals surface area contributed by atoms with E-state index in [1.807, 2.05) is 73.3 Å². The average Bonchev–Trinajstić information content (AvgIpc) is 3.88. The second-order valence-corrected chi connectivity index (χ2v) is 21.9. The largest absolute Gasteiger partial charge is 0.493 e. The van der Waals surface area contributed by atoms with Crippen LogP contribution in [0.2, 0.25) is 0 Å². The number of fused-ring (bicyclic) bond motifs is 7. The van der Waals surface area contributed by atoms with Crippen molar-refractivity contribution in [2.24, 2.45) is 0 Å². The van der Waals surface area contributed by atoms with Gasteiger partial charge in [-0.25, -0.2) is 0 Å². The molecule has 17 nitrogen and oxygen atoms in total. The summed E-state index contributed by atoms with van der Waals surface area (Å²) in [6, 6.07) is 23.8. The Bertz CT molecular complexity index is 2900. The molecule has 4 aromatic carbocycles. The summed E-state index contributed by atoms with van der Waals surface area (Å²) in [5.74, 6) is 0.534. The fourth-order valence-electron chi connectivity index (χ4n) is 9.92. The number of hydrogen-bond acceptors (Lipinski definition) is 15. The Morgan fingerprint density at radius 2 is 1.53 bits per heavy atom. The molecule has 2 amide bonds. The van der Waals surface area contributed by atoms with E-state index in [-0.39, 0.29) is 60.8 Å². The molecule has 8 rings (SSSR count). The predicted molar refractivity (Wildman–Crippen MR) is 288 cm³/mol. The third kappa shape index (κ3) is 12.3. The number of carbonyl (C=O) groups excluding carboxylic acids is 2. The molecule has 4 aliphatic rings. The molecule has 0 fully saturated rings. The number of nitrogens with one attached hydrogen (secondary N) is 2. The minimum Gasteiger partial charge on any atom is -0.493 e. The maximum atomic E-state index is 14.5. The first-order chi connectivity index (χ1) is 35.5. The standard InChI is InChI=1S/C55H67N5O12S2/c1-8-42-45(57-52(74(63,64)65)48-27-39-14-10-12-16-47(39)60(48)53(42)61)30-49(35(2)67-6)71-32-36-23-37(25-40(24-36)58(34-55(3,4)73)17-18-69-21-22-70-20-19-66-5)33-72-51-29-44-43(28-50(51)68-7)54(62)59-41(31-56-44)26-38-13-9-11-15-46(38)59/h9-16,23-25,28-30,41,48,52,56-57,73H,2,8,17-22,26-27,31-34H2,1,3-7H3,(H,63,64,65)/b49-30+/t41-,48-,52?/m0/s1. The van der Waals surface area contributed by atoms with Gasteiger partial charge in [0.05, 0.1) is 70.6 Å². The molecule has 3 atom stereocenters. The molecule has 0 bridgehead atoms. The molecular weight excluding hydrogens is 987 g/mol. The number of ether oxygens (including phenoxy) is 7. The fraction of sp³-hybridized carbons (Fsp3) is 0.418. The van der Waals surface area contributed by atoms with E-state index in [4.69, 9.17) is 45.8 Å². The second kappa shape index (κ2) is 23.5. The van der Waals surface area contributed by atoms with Gasteiger partial charge >= 0.3 is 0 Å². The molecule has 396 valence electrons. The Kier molecular flexibility index (Phi) is 17.2. The highest BCUT2D eigenvalue weighted by atomic mass is 32.2. The molecule has 1 unspecified atom stereocenters. The van der Waals surface area contributed by atoms with Gasteiger partial charge in [0.1, 0.15) is 13.2 Å². The van der Waals surface area contributed by atoms with E-state index in [0.717, 1.165) is 40.0 Å². The number of methoxy groups -OCH3 is 3. The summed E-state index contributed by atoms with van der Waals surface area (Å²) in [5, 5.41) is 4.95. The SMILES string of the molecule is C=C(OC)/C(=C\C1=C(CC)C(=O)N2c3ccccc3C[C@H]2C(S(=O)(=O)O)N1)OCc1cc(COc2cc3c(cc2OC)C(=O)N2c4ccccc4C[C@H]2CN3)cc(N(CCOCCOCCOC)CC(C)(C)S)c1. The van der Waals surface area contributed by atoms with Crippen LogP contribution in [0.15, 0.2) is 114 Å². The summed E-state index contributed by atoms with van der Waals surface area (Å²) in [5.41, 5.74) is 7.29. The minimum absolute atomic E-state index is 0.0377. The van der Waals surface area contributed by atoms with E-state index in [2.05, 4.69) is 28.2 Å². The van der Waals surface area contributed by atoms with E-state index in [1.54, 1.807) is 39.3 Å². The Hall–Kier alpha value is -6.22. The normalized spacial score (nSPS) is 18.3. The van der Waals surface area contributed by atoms with Crippen molar-refractivity contribution in [3.63, 3.8) is 0 Å². The van der Waals surface area contributed by atoms with Crippen molar-refractivity contribution in [3.8, 4) is 11.5 Å². The van der Waals surface area contributed by atoms with Crippen LogP contribution in [0.4, 0.5) is 22.7 Å². The molecule has 3 N–H and O–H groups in total. The molecule has 19 heteroatoms. The summed E-state index contributed by atoms with van der Waals surface area (Å²) >= 11 is 4.93. The Balaban J connectivity index is 1.11.